The quantitative estimate of drug-likeness (QED) is 0.888. The molecule has 1 aliphatic rings. The largest absolute Gasteiger partial charge is 0.478 e. The molecule has 1 unspecified atom stereocenters. The number of hydrogen-bond acceptors (Lipinski definition) is 3. The minimum absolute atomic E-state index is 0.0346. The first kappa shape index (κ1) is 15.3. The van der Waals surface area contributed by atoms with E-state index in [1.165, 1.54) is 18.2 Å². The Morgan fingerprint density at radius 1 is 1.48 bits per heavy atom. The molecule has 1 aliphatic heterocycles. The van der Waals surface area contributed by atoms with Crippen molar-refractivity contribution in [2.45, 2.75) is 13.3 Å². The Morgan fingerprint density at radius 2 is 2.19 bits per heavy atom. The van der Waals surface area contributed by atoms with Crippen LogP contribution < -0.4 is 5.32 Å². The molecule has 6 nitrogen and oxygen atoms in total. The maximum atomic E-state index is 12.2. The first-order valence-corrected chi connectivity index (χ1v) is 6.91. The van der Waals surface area contributed by atoms with Crippen LogP contribution in [0.5, 0.6) is 0 Å². The molecule has 0 radical (unpaired) electrons. The third kappa shape index (κ3) is 3.33. The molecule has 1 fully saturated rings. The smallest absolute Gasteiger partial charge is 0.335 e. The van der Waals surface area contributed by atoms with Crippen molar-refractivity contribution in [2.75, 3.05) is 18.4 Å². The van der Waals surface area contributed by atoms with Crippen LogP contribution in [0.2, 0.25) is 5.02 Å². The van der Waals surface area contributed by atoms with Gasteiger partial charge in [-0.1, -0.05) is 11.6 Å². The normalized spacial score (nSPS) is 17.9. The van der Waals surface area contributed by atoms with Crippen molar-refractivity contribution in [1.82, 2.24) is 4.90 Å². The fourth-order valence-corrected chi connectivity index (χ4v) is 2.41. The molecule has 1 heterocycles. The highest BCUT2D eigenvalue weighted by Gasteiger charge is 2.33. The van der Waals surface area contributed by atoms with Gasteiger partial charge in [0.25, 0.3) is 0 Å². The van der Waals surface area contributed by atoms with E-state index in [-0.39, 0.29) is 34.5 Å². The highest BCUT2D eigenvalue weighted by Crippen LogP contribution is 2.25. The maximum absolute atomic E-state index is 12.2. The van der Waals surface area contributed by atoms with Gasteiger partial charge in [0.1, 0.15) is 0 Å². The van der Waals surface area contributed by atoms with Gasteiger partial charge in [-0.2, -0.15) is 0 Å². The number of amides is 2. The average Bonchev–Trinajstić information content (AvgIpc) is 2.82. The third-order valence-electron chi connectivity index (χ3n) is 3.44. The zero-order valence-electron chi connectivity index (χ0n) is 11.4. The highest BCUT2D eigenvalue weighted by atomic mass is 35.5. The maximum Gasteiger partial charge on any atom is 0.335 e. The molecule has 112 valence electrons. The summed E-state index contributed by atoms with van der Waals surface area (Å²) in [5.74, 6) is -1.93. The Labute approximate surface area is 126 Å². The number of anilines is 1. The van der Waals surface area contributed by atoms with E-state index in [2.05, 4.69) is 5.32 Å². The molecule has 0 saturated carbocycles. The molecule has 2 rings (SSSR count). The van der Waals surface area contributed by atoms with Crippen LogP contribution in [-0.4, -0.2) is 40.9 Å². The van der Waals surface area contributed by atoms with Crippen LogP contribution in [0.4, 0.5) is 5.69 Å². The van der Waals surface area contributed by atoms with Gasteiger partial charge < -0.3 is 15.3 Å². The molecule has 0 bridgehead atoms. The van der Waals surface area contributed by atoms with Crippen molar-refractivity contribution in [3.05, 3.63) is 28.8 Å². The van der Waals surface area contributed by atoms with E-state index in [0.717, 1.165) is 0 Å². The summed E-state index contributed by atoms with van der Waals surface area (Å²) in [7, 11) is 0. The number of benzene rings is 1. The number of carbonyl (C=O) groups is 3. The molecule has 1 aromatic rings. The SMILES string of the molecule is CCN1CC(C(=O)Nc2cc(C(=O)O)ccc2Cl)CC1=O. The second-order valence-corrected chi connectivity index (χ2v) is 5.23. The van der Waals surface area contributed by atoms with Crippen molar-refractivity contribution in [2.24, 2.45) is 5.92 Å². The molecule has 7 heteroatoms. The summed E-state index contributed by atoms with van der Waals surface area (Å²) >= 11 is 5.95. The van der Waals surface area contributed by atoms with E-state index >= 15 is 0 Å². The summed E-state index contributed by atoms with van der Waals surface area (Å²) in [6, 6.07) is 4.08. The van der Waals surface area contributed by atoms with Crippen molar-refractivity contribution in [3.8, 4) is 0 Å². The van der Waals surface area contributed by atoms with Crippen LogP contribution in [0.25, 0.3) is 0 Å². The van der Waals surface area contributed by atoms with Gasteiger partial charge in [-0.25, -0.2) is 4.79 Å². The van der Waals surface area contributed by atoms with Crippen molar-refractivity contribution in [1.29, 1.82) is 0 Å². The van der Waals surface area contributed by atoms with Crippen molar-refractivity contribution >= 4 is 35.1 Å². The van der Waals surface area contributed by atoms with Crippen molar-refractivity contribution < 1.29 is 19.5 Å². The predicted molar refractivity (Wildman–Crippen MR) is 77.4 cm³/mol. The monoisotopic (exact) mass is 310 g/mol. The number of halogens is 1. The van der Waals surface area contributed by atoms with Crippen LogP contribution in [0.3, 0.4) is 0 Å². The summed E-state index contributed by atoms with van der Waals surface area (Å²) in [5.41, 5.74) is 0.274. The number of rotatable bonds is 4. The van der Waals surface area contributed by atoms with E-state index in [4.69, 9.17) is 16.7 Å². The first-order valence-electron chi connectivity index (χ1n) is 6.53. The van der Waals surface area contributed by atoms with E-state index in [9.17, 15) is 14.4 Å². The van der Waals surface area contributed by atoms with Gasteiger partial charge in [-0.3, -0.25) is 9.59 Å². The number of aromatic carboxylic acids is 1. The number of carbonyl (C=O) groups excluding carboxylic acids is 2. The standard InChI is InChI=1S/C14H15ClN2O4/c1-2-17-7-9(6-12(17)18)13(19)16-11-5-8(14(20)21)3-4-10(11)15/h3-5,9H,2,6-7H2,1H3,(H,16,19)(H,20,21). The molecule has 0 aromatic heterocycles. The second-order valence-electron chi connectivity index (χ2n) is 4.82. The van der Waals surface area contributed by atoms with Gasteiger partial charge in [0.15, 0.2) is 0 Å². The molecule has 0 spiro atoms. The topological polar surface area (TPSA) is 86.7 Å². The van der Waals surface area contributed by atoms with Crippen LogP contribution in [-0.2, 0) is 9.59 Å². The molecular weight excluding hydrogens is 296 g/mol. The lowest BCUT2D eigenvalue weighted by Crippen LogP contribution is -2.28. The molecule has 0 aliphatic carbocycles. The van der Waals surface area contributed by atoms with Gasteiger partial charge in [0, 0.05) is 19.5 Å². The fourth-order valence-electron chi connectivity index (χ4n) is 2.24. The Kier molecular flexibility index (Phi) is 4.47. The lowest BCUT2D eigenvalue weighted by Gasteiger charge is -2.14. The Hall–Kier alpha value is -2.08. The van der Waals surface area contributed by atoms with Gasteiger partial charge in [0.05, 0.1) is 22.2 Å². The van der Waals surface area contributed by atoms with Crippen LogP contribution in [0.1, 0.15) is 23.7 Å². The zero-order valence-corrected chi connectivity index (χ0v) is 12.2. The predicted octanol–water partition coefficient (Wildman–Crippen LogP) is 1.85. The van der Waals surface area contributed by atoms with E-state index < -0.39 is 11.9 Å². The van der Waals surface area contributed by atoms with E-state index in [1.54, 1.807) is 4.90 Å². The Bertz CT molecular complexity index is 603. The molecule has 21 heavy (non-hydrogen) atoms. The number of carboxylic acids is 1. The number of likely N-dealkylation sites (tertiary alicyclic amines) is 1. The van der Waals surface area contributed by atoms with E-state index in [0.29, 0.717) is 13.1 Å². The summed E-state index contributed by atoms with van der Waals surface area (Å²) in [6.07, 6.45) is 0.163. The summed E-state index contributed by atoms with van der Waals surface area (Å²) in [5, 5.41) is 11.8. The lowest BCUT2D eigenvalue weighted by molar-refractivity contribution is -0.128. The summed E-state index contributed by atoms with van der Waals surface area (Å²) < 4.78 is 0. The third-order valence-corrected chi connectivity index (χ3v) is 3.77. The number of carboxylic acid groups (broad SMARTS) is 1. The average molecular weight is 311 g/mol. The van der Waals surface area contributed by atoms with E-state index in [1.807, 2.05) is 6.92 Å². The molecule has 1 aromatic carbocycles. The van der Waals surface area contributed by atoms with Gasteiger partial charge >= 0.3 is 5.97 Å². The molecule has 1 atom stereocenters. The minimum Gasteiger partial charge on any atom is -0.478 e. The number of hydrogen-bond donors (Lipinski definition) is 2. The minimum atomic E-state index is -1.10. The second kappa shape index (κ2) is 6.13. The van der Waals surface area contributed by atoms with Crippen molar-refractivity contribution in [3.63, 3.8) is 0 Å². The summed E-state index contributed by atoms with van der Waals surface area (Å²) in [6.45, 7) is 2.79. The lowest BCUT2D eigenvalue weighted by atomic mass is 10.1. The molecular formula is C14H15ClN2O4. The number of nitrogens with one attached hydrogen (secondary N) is 1. The van der Waals surface area contributed by atoms with Crippen LogP contribution in [0.15, 0.2) is 18.2 Å². The van der Waals surface area contributed by atoms with Gasteiger partial charge in [0.2, 0.25) is 11.8 Å². The highest BCUT2D eigenvalue weighted by molar-refractivity contribution is 6.33. The molecule has 2 N–H and O–H groups in total. The van der Waals surface area contributed by atoms with Gasteiger partial charge in [-0.05, 0) is 25.1 Å². The van der Waals surface area contributed by atoms with Crippen LogP contribution >= 0.6 is 11.6 Å². The summed E-state index contributed by atoms with van der Waals surface area (Å²) in [4.78, 5) is 36.3. The fraction of sp³-hybridized carbons (Fsp3) is 0.357. The zero-order chi connectivity index (χ0) is 15.6. The molecule has 1 saturated heterocycles. The first-order chi connectivity index (χ1) is 9.92. The molecule has 2 amide bonds. The van der Waals surface area contributed by atoms with Gasteiger partial charge in [-0.15, -0.1) is 0 Å². The number of nitrogens with zero attached hydrogens (tertiary/aromatic N) is 1. The Morgan fingerprint density at radius 3 is 2.76 bits per heavy atom. The Balaban J connectivity index is 2.11. The van der Waals surface area contributed by atoms with Crippen LogP contribution in [0, 0.1) is 5.92 Å².